The number of ether oxygens (including phenoxy) is 1. The first-order chi connectivity index (χ1) is 8.63. The van der Waals surface area contributed by atoms with Crippen molar-refractivity contribution in [2.45, 2.75) is 38.8 Å². The number of hydrogen-bond acceptors (Lipinski definition) is 3. The molecule has 3 nitrogen and oxygen atoms in total. The second-order valence-corrected chi connectivity index (χ2v) is 5.13. The van der Waals surface area contributed by atoms with Crippen LogP contribution >= 0.6 is 11.6 Å². The maximum absolute atomic E-state index is 10.4. The van der Waals surface area contributed by atoms with Gasteiger partial charge in [-0.25, -0.2) is 0 Å². The van der Waals surface area contributed by atoms with Gasteiger partial charge in [-0.15, -0.1) is 0 Å². The lowest BCUT2D eigenvalue weighted by Gasteiger charge is -2.21. The molecular weight excluding hydrogens is 250 g/mol. The first kappa shape index (κ1) is 13.7. The topological polar surface area (TPSA) is 41.5 Å². The summed E-state index contributed by atoms with van der Waals surface area (Å²) in [5, 5.41) is 14.3. The van der Waals surface area contributed by atoms with E-state index in [-0.39, 0.29) is 6.04 Å². The van der Waals surface area contributed by atoms with Crippen LogP contribution in [0.5, 0.6) is 5.75 Å². The minimum absolute atomic E-state index is 0.137. The summed E-state index contributed by atoms with van der Waals surface area (Å²) in [7, 11) is 0. The molecule has 0 aliphatic carbocycles. The summed E-state index contributed by atoms with van der Waals surface area (Å²) in [6.45, 7) is 5.47. The maximum atomic E-state index is 10.4. The second kappa shape index (κ2) is 5.91. The number of aliphatic hydroxyl groups excluding tert-OH is 1. The fraction of sp³-hybridized carbons (Fsp3) is 0.571. The first-order valence-corrected chi connectivity index (χ1v) is 6.85. The van der Waals surface area contributed by atoms with Crippen molar-refractivity contribution in [1.29, 1.82) is 0 Å². The minimum Gasteiger partial charge on any atom is -0.492 e. The SMILES string of the molecule is CCOc1cc(C)c(C(O)C2CCCN2)cc1Cl. The summed E-state index contributed by atoms with van der Waals surface area (Å²) in [4.78, 5) is 0. The predicted octanol–water partition coefficient (Wildman–Crippen LogP) is 2.83. The standard InChI is InChI=1S/C14H20ClNO2/c1-3-18-13-7-9(2)10(8-11(13)15)14(17)12-5-4-6-16-12/h7-8,12,14,16-17H,3-6H2,1-2H3. The van der Waals surface area contributed by atoms with Crippen LogP contribution in [0, 0.1) is 6.92 Å². The van der Waals surface area contributed by atoms with Gasteiger partial charge in [-0.05, 0) is 56.5 Å². The van der Waals surface area contributed by atoms with Gasteiger partial charge in [0.15, 0.2) is 0 Å². The fourth-order valence-corrected chi connectivity index (χ4v) is 2.68. The number of halogens is 1. The van der Waals surface area contributed by atoms with E-state index in [1.54, 1.807) is 0 Å². The van der Waals surface area contributed by atoms with Crippen molar-refractivity contribution in [1.82, 2.24) is 5.32 Å². The molecule has 0 saturated carbocycles. The van der Waals surface area contributed by atoms with Crippen LogP contribution in [0.4, 0.5) is 0 Å². The molecule has 2 rings (SSSR count). The highest BCUT2D eigenvalue weighted by atomic mass is 35.5. The Morgan fingerprint density at radius 1 is 1.56 bits per heavy atom. The number of aryl methyl sites for hydroxylation is 1. The Labute approximate surface area is 113 Å². The van der Waals surface area contributed by atoms with Gasteiger partial charge in [-0.2, -0.15) is 0 Å². The molecular formula is C14H20ClNO2. The van der Waals surface area contributed by atoms with Crippen LogP contribution in [-0.4, -0.2) is 24.3 Å². The first-order valence-electron chi connectivity index (χ1n) is 6.47. The highest BCUT2D eigenvalue weighted by Crippen LogP contribution is 2.33. The predicted molar refractivity (Wildman–Crippen MR) is 73.3 cm³/mol. The molecule has 1 aliphatic heterocycles. The number of aliphatic hydroxyl groups is 1. The second-order valence-electron chi connectivity index (χ2n) is 4.72. The van der Waals surface area contributed by atoms with Gasteiger partial charge in [0, 0.05) is 6.04 Å². The molecule has 1 aliphatic rings. The molecule has 100 valence electrons. The van der Waals surface area contributed by atoms with Gasteiger partial charge in [0.1, 0.15) is 5.75 Å². The zero-order valence-corrected chi connectivity index (χ0v) is 11.6. The Kier molecular flexibility index (Phi) is 4.49. The third-order valence-electron chi connectivity index (χ3n) is 3.42. The van der Waals surface area contributed by atoms with Crippen molar-refractivity contribution in [3.05, 3.63) is 28.3 Å². The van der Waals surface area contributed by atoms with Crippen LogP contribution in [0.3, 0.4) is 0 Å². The molecule has 18 heavy (non-hydrogen) atoms. The van der Waals surface area contributed by atoms with E-state index in [4.69, 9.17) is 16.3 Å². The van der Waals surface area contributed by atoms with Gasteiger partial charge in [0.25, 0.3) is 0 Å². The summed E-state index contributed by atoms with van der Waals surface area (Å²) >= 11 is 6.17. The van der Waals surface area contributed by atoms with E-state index < -0.39 is 6.10 Å². The summed E-state index contributed by atoms with van der Waals surface area (Å²) in [5.74, 6) is 0.687. The van der Waals surface area contributed by atoms with Gasteiger partial charge in [0.2, 0.25) is 0 Å². The molecule has 2 unspecified atom stereocenters. The van der Waals surface area contributed by atoms with Gasteiger partial charge < -0.3 is 15.2 Å². The normalized spacial score (nSPS) is 21.0. The molecule has 0 bridgehead atoms. The Morgan fingerprint density at radius 2 is 2.33 bits per heavy atom. The van der Waals surface area contributed by atoms with Crippen molar-refractivity contribution in [2.24, 2.45) is 0 Å². The third-order valence-corrected chi connectivity index (χ3v) is 3.71. The molecule has 1 fully saturated rings. The van der Waals surface area contributed by atoms with Gasteiger partial charge in [0.05, 0.1) is 17.7 Å². The van der Waals surface area contributed by atoms with E-state index in [1.165, 1.54) is 0 Å². The van der Waals surface area contributed by atoms with Crippen molar-refractivity contribution in [2.75, 3.05) is 13.2 Å². The van der Waals surface area contributed by atoms with Crippen molar-refractivity contribution >= 4 is 11.6 Å². The molecule has 1 aromatic carbocycles. The van der Waals surface area contributed by atoms with Crippen LogP contribution < -0.4 is 10.1 Å². The van der Waals surface area contributed by atoms with E-state index >= 15 is 0 Å². The monoisotopic (exact) mass is 269 g/mol. The van der Waals surface area contributed by atoms with Crippen LogP contribution in [0.1, 0.15) is 37.0 Å². The minimum atomic E-state index is -0.499. The summed E-state index contributed by atoms with van der Waals surface area (Å²) in [6.07, 6.45) is 1.62. The van der Waals surface area contributed by atoms with Crippen molar-refractivity contribution in [3.8, 4) is 5.75 Å². The molecule has 4 heteroatoms. The zero-order valence-electron chi connectivity index (χ0n) is 10.9. The third kappa shape index (κ3) is 2.79. The highest BCUT2D eigenvalue weighted by molar-refractivity contribution is 6.32. The molecule has 0 spiro atoms. The van der Waals surface area contributed by atoms with Crippen molar-refractivity contribution in [3.63, 3.8) is 0 Å². The summed E-state index contributed by atoms with van der Waals surface area (Å²) in [5.41, 5.74) is 1.91. The smallest absolute Gasteiger partial charge is 0.138 e. The van der Waals surface area contributed by atoms with Gasteiger partial charge >= 0.3 is 0 Å². The quantitative estimate of drug-likeness (QED) is 0.883. The van der Waals surface area contributed by atoms with E-state index in [2.05, 4.69) is 5.32 Å². The zero-order chi connectivity index (χ0) is 13.1. The van der Waals surface area contributed by atoms with E-state index in [1.807, 2.05) is 26.0 Å². The maximum Gasteiger partial charge on any atom is 0.138 e. The summed E-state index contributed by atoms with van der Waals surface area (Å²) in [6, 6.07) is 3.86. The molecule has 0 amide bonds. The Morgan fingerprint density at radius 3 is 2.94 bits per heavy atom. The Balaban J connectivity index is 2.24. The fourth-order valence-electron chi connectivity index (χ4n) is 2.45. The van der Waals surface area contributed by atoms with Crippen LogP contribution in [-0.2, 0) is 0 Å². The molecule has 0 aromatic heterocycles. The van der Waals surface area contributed by atoms with Gasteiger partial charge in [-0.3, -0.25) is 0 Å². The Bertz CT molecular complexity index is 417. The molecule has 1 aromatic rings. The van der Waals surface area contributed by atoms with Gasteiger partial charge in [-0.1, -0.05) is 11.6 Å². The molecule has 1 heterocycles. The van der Waals surface area contributed by atoms with E-state index in [0.717, 1.165) is 30.5 Å². The van der Waals surface area contributed by atoms with E-state index in [0.29, 0.717) is 17.4 Å². The average molecular weight is 270 g/mol. The molecule has 0 radical (unpaired) electrons. The molecule has 1 saturated heterocycles. The number of nitrogens with one attached hydrogen (secondary N) is 1. The highest BCUT2D eigenvalue weighted by Gasteiger charge is 2.25. The lowest BCUT2D eigenvalue weighted by molar-refractivity contribution is 0.137. The van der Waals surface area contributed by atoms with Crippen molar-refractivity contribution < 1.29 is 9.84 Å². The number of benzene rings is 1. The lowest BCUT2D eigenvalue weighted by Crippen LogP contribution is -2.29. The Hall–Kier alpha value is -0.770. The lowest BCUT2D eigenvalue weighted by atomic mass is 9.97. The van der Waals surface area contributed by atoms with E-state index in [9.17, 15) is 5.11 Å². The largest absolute Gasteiger partial charge is 0.492 e. The molecule has 2 atom stereocenters. The summed E-state index contributed by atoms with van der Waals surface area (Å²) < 4.78 is 5.45. The molecule has 2 N–H and O–H groups in total. The van der Waals surface area contributed by atoms with Crippen LogP contribution in [0.15, 0.2) is 12.1 Å². The number of hydrogen-bond donors (Lipinski definition) is 2. The average Bonchev–Trinajstić information content (AvgIpc) is 2.86. The number of rotatable bonds is 4. The van der Waals surface area contributed by atoms with Crippen LogP contribution in [0.25, 0.3) is 0 Å². The van der Waals surface area contributed by atoms with Crippen LogP contribution in [0.2, 0.25) is 5.02 Å².